The summed E-state index contributed by atoms with van der Waals surface area (Å²) in [4.78, 5) is 46.1. The first-order valence-corrected chi connectivity index (χ1v) is 8.50. The second-order valence-electron chi connectivity index (χ2n) is 6.31. The number of ether oxygens (including phenoxy) is 1. The lowest BCUT2D eigenvalue weighted by Crippen LogP contribution is -2.44. The number of aryl methyl sites for hydroxylation is 2. The molecule has 0 aliphatic carbocycles. The summed E-state index contributed by atoms with van der Waals surface area (Å²) in [5.41, 5.74) is 2.58. The maximum Gasteiger partial charge on any atom is 0.378 e. The van der Waals surface area contributed by atoms with Gasteiger partial charge in [-0.15, -0.1) is 5.10 Å². The first kappa shape index (κ1) is 17.6. The fourth-order valence-corrected chi connectivity index (χ4v) is 2.98. The van der Waals surface area contributed by atoms with Crippen LogP contribution in [0.5, 0.6) is 0 Å². The van der Waals surface area contributed by atoms with Crippen molar-refractivity contribution >= 4 is 34.9 Å². The number of amides is 2. The molecule has 1 aromatic carbocycles. The van der Waals surface area contributed by atoms with Crippen LogP contribution >= 0.6 is 0 Å². The van der Waals surface area contributed by atoms with Gasteiger partial charge in [-0.25, -0.2) is 14.3 Å². The van der Waals surface area contributed by atoms with Crippen LogP contribution in [0.4, 0.5) is 11.4 Å². The smallest absolute Gasteiger partial charge is 0.378 e. The van der Waals surface area contributed by atoms with E-state index in [1.165, 1.54) is 9.42 Å². The van der Waals surface area contributed by atoms with Gasteiger partial charge in [0.15, 0.2) is 6.61 Å². The Morgan fingerprint density at radius 3 is 2.82 bits per heavy atom. The largest absolute Gasteiger partial charge is 0.450 e. The van der Waals surface area contributed by atoms with Gasteiger partial charge in [0.2, 0.25) is 5.91 Å². The number of aromatic nitrogens is 4. The summed E-state index contributed by atoms with van der Waals surface area (Å²) in [7, 11) is 0. The van der Waals surface area contributed by atoms with Gasteiger partial charge in [0.25, 0.3) is 17.5 Å². The highest BCUT2D eigenvalue weighted by Gasteiger charge is 2.28. The molecule has 3 aromatic rings. The molecule has 0 unspecified atom stereocenters. The normalized spacial score (nSPS) is 13.2. The number of nitrogens with zero attached hydrogens (tertiary/aromatic N) is 5. The third-order valence-electron chi connectivity index (χ3n) is 4.20. The van der Waals surface area contributed by atoms with Gasteiger partial charge in [-0.1, -0.05) is 12.1 Å². The predicted molar refractivity (Wildman–Crippen MR) is 98.0 cm³/mol. The SMILES string of the molecule is Cc1cc(C)n2nc(C(=O)OCC(=O)N3CC(=O)Nc4ccccc43)nc2n1. The zero-order valence-corrected chi connectivity index (χ0v) is 15.2. The highest BCUT2D eigenvalue weighted by molar-refractivity contribution is 6.10. The van der Waals surface area contributed by atoms with E-state index in [2.05, 4.69) is 20.4 Å². The number of carbonyl (C=O) groups is 3. The molecule has 10 nitrogen and oxygen atoms in total. The molecular formula is C18H16N6O4. The average molecular weight is 380 g/mol. The van der Waals surface area contributed by atoms with E-state index in [-0.39, 0.29) is 24.1 Å². The average Bonchev–Trinajstić information content (AvgIpc) is 3.09. The summed E-state index contributed by atoms with van der Waals surface area (Å²) in [6.45, 7) is 2.93. The molecule has 28 heavy (non-hydrogen) atoms. The Bertz CT molecular complexity index is 1120. The Kier molecular flexibility index (Phi) is 4.22. The van der Waals surface area contributed by atoms with Crippen molar-refractivity contribution in [1.82, 2.24) is 19.6 Å². The van der Waals surface area contributed by atoms with Crippen molar-refractivity contribution in [2.45, 2.75) is 13.8 Å². The standard InChI is InChI=1S/C18H16N6O4/c1-10-7-11(2)24-18(19-10)21-16(22-24)17(27)28-9-15(26)23-8-14(25)20-12-5-3-4-6-13(12)23/h3-7H,8-9H2,1-2H3,(H,20,25). The highest BCUT2D eigenvalue weighted by atomic mass is 16.5. The van der Waals surface area contributed by atoms with Crippen molar-refractivity contribution in [3.8, 4) is 0 Å². The van der Waals surface area contributed by atoms with E-state index in [9.17, 15) is 14.4 Å². The summed E-state index contributed by atoms with van der Waals surface area (Å²) in [6.07, 6.45) is 0. The van der Waals surface area contributed by atoms with Crippen molar-refractivity contribution in [3.63, 3.8) is 0 Å². The third kappa shape index (κ3) is 3.15. The van der Waals surface area contributed by atoms with Gasteiger partial charge in [0, 0.05) is 11.4 Å². The highest BCUT2D eigenvalue weighted by Crippen LogP contribution is 2.28. The second kappa shape index (κ2) is 6.72. The zero-order chi connectivity index (χ0) is 19.8. The first-order valence-electron chi connectivity index (χ1n) is 8.50. The van der Waals surface area contributed by atoms with E-state index in [0.29, 0.717) is 11.4 Å². The minimum Gasteiger partial charge on any atom is -0.450 e. The van der Waals surface area contributed by atoms with E-state index in [1.54, 1.807) is 30.3 Å². The fourth-order valence-electron chi connectivity index (χ4n) is 2.98. The number of nitrogens with one attached hydrogen (secondary N) is 1. The molecule has 10 heteroatoms. The van der Waals surface area contributed by atoms with Crippen LogP contribution in [0.3, 0.4) is 0 Å². The minimum atomic E-state index is -0.842. The molecule has 0 radical (unpaired) electrons. The van der Waals surface area contributed by atoms with Crippen LogP contribution in [-0.2, 0) is 14.3 Å². The molecule has 3 heterocycles. The number of rotatable bonds is 3. The Labute approximate surface area is 159 Å². The molecule has 142 valence electrons. The molecule has 0 saturated heterocycles. The fraction of sp³-hybridized carbons (Fsp3) is 0.222. The van der Waals surface area contributed by atoms with E-state index < -0.39 is 18.5 Å². The molecule has 1 N–H and O–H groups in total. The zero-order valence-electron chi connectivity index (χ0n) is 15.2. The molecule has 0 saturated carbocycles. The lowest BCUT2D eigenvalue weighted by Gasteiger charge is -2.28. The van der Waals surface area contributed by atoms with Gasteiger partial charge in [-0.05, 0) is 32.0 Å². The van der Waals surface area contributed by atoms with E-state index >= 15 is 0 Å². The molecule has 1 aliphatic rings. The van der Waals surface area contributed by atoms with Crippen LogP contribution in [0.25, 0.3) is 5.78 Å². The van der Waals surface area contributed by atoms with Crippen LogP contribution in [-0.4, -0.2) is 50.5 Å². The van der Waals surface area contributed by atoms with Gasteiger partial charge in [0.1, 0.15) is 6.54 Å². The van der Waals surface area contributed by atoms with Crippen molar-refractivity contribution < 1.29 is 19.1 Å². The molecule has 2 amide bonds. The second-order valence-corrected chi connectivity index (χ2v) is 6.31. The number of anilines is 2. The first-order chi connectivity index (χ1) is 13.4. The quantitative estimate of drug-likeness (QED) is 0.670. The van der Waals surface area contributed by atoms with Crippen molar-refractivity contribution in [2.75, 3.05) is 23.4 Å². The predicted octanol–water partition coefficient (Wildman–Crippen LogP) is 0.883. The maximum atomic E-state index is 12.5. The summed E-state index contributed by atoms with van der Waals surface area (Å²) in [5.74, 6) is -1.60. The summed E-state index contributed by atoms with van der Waals surface area (Å²) in [5, 5.41) is 6.76. The van der Waals surface area contributed by atoms with E-state index in [4.69, 9.17) is 4.74 Å². The number of hydrogen-bond donors (Lipinski definition) is 1. The summed E-state index contributed by atoms with van der Waals surface area (Å²) >= 11 is 0. The van der Waals surface area contributed by atoms with Crippen molar-refractivity contribution in [2.24, 2.45) is 0 Å². The van der Waals surface area contributed by atoms with Gasteiger partial charge < -0.3 is 10.1 Å². The number of esters is 1. The lowest BCUT2D eigenvalue weighted by atomic mass is 10.2. The van der Waals surface area contributed by atoms with Gasteiger partial charge in [-0.3, -0.25) is 14.5 Å². The number of carbonyl (C=O) groups excluding carboxylic acids is 3. The molecule has 0 fully saturated rings. The lowest BCUT2D eigenvalue weighted by molar-refractivity contribution is -0.124. The van der Waals surface area contributed by atoms with E-state index in [0.717, 1.165) is 11.4 Å². The van der Waals surface area contributed by atoms with Crippen LogP contribution in [0.2, 0.25) is 0 Å². The Morgan fingerprint density at radius 2 is 2.00 bits per heavy atom. The van der Waals surface area contributed by atoms with Crippen LogP contribution in [0.1, 0.15) is 22.0 Å². The van der Waals surface area contributed by atoms with E-state index in [1.807, 2.05) is 13.8 Å². The van der Waals surface area contributed by atoms with Crippen LogP contribution in [0, 0.1) is 13.8 Å². The topological polar surface area (TPSA) is 119 Å². The summed E-state index contributed by atoms with van der Waals surface area (Å²) < 4.78 is 6.49. The van der Waals surface area contributed by atoms with Gasteiger partial charge >= 0.3 is 5.97 Å². The monoisotopic (exact) mass is 380 g/mol. The molecule has 0 bridgehead atoms. The van der Waals surface area contributed by atoms with Gasteiger partial charge in [0.05, 0.1) is 11.4 Å². The van der Waals surface area contributed by atoms with Gasteiger partial charge in [-0.2, -0.15) is 4.98 Å². The Morgan fingerprint density at radius 1 is 1.21 bits per heavy atom. The number of hydrogen-bond acceptors (Lipinski definition) is 7. The number of fused-ring (bicyclic) bond motifs is 2. The van der Waals surface area contributed by atoms with Crippen molar-refractivity contribution in [3.05, 3.63) is 47.5 Å². The molecule has 0 atom stereocenters. The minimum absolute atomic E-state index is 0.150. The summed E-state index contributed by atoms with van der Waals surface area (Å²) in [6, 6.07) is 8.70. The Hall–Kier alpha value is -3.82. The Balaban J connectivity index is 1.49. The maximum absolute atomic E-state index is 12.5. The molecule has 4 rings (SSSR count). The molecule has 2 aromatic heterocycles. The molecule has 0 spiro atoms. The van der Waals surface area contributed by atoms with Crippen LogP contribution in [0.15, 0.2) is 30.3 Å². The van der Waals surface area contributed by atoms with Crippen molar-refractivity contribution in [1.29, 1.82) is 0 Å². The number of benzene rings is 1. The molecular weight excluding hydrogens is 364 g/mol. The third-order valence-corrected chi connectivity index (χ3v) is 4.20. The molecule has 1 aliphatic heterocycles. The van der Waals surface area contributed by atoms with Crippen LogP contribution < -0.4 is 10.2 Å². The number of para-hydroxylation sites is 2.